The number of amides is 1. The number of hydrogen-bond donors (Lipinski definition) is 1. The van der Waals surface area contributed by atoms with Gasteiger partial charge in [-0.2, -0.15) is 0 Å². The van der Waals surface area contributed by atoms with Crippen molar-refractivity contribution >= 4 is 36.0 Å². The maximum atomic E-state index is 11.4. The molecular formula is C14H23BrN2O3Si. The Balaban J connectivity index is 2.69. The molecule has 5 nitrogen and oxygen atoms in total. The van der Waals surface area contributed by atoms with E-state index in [2.05, 4.69) is 54.8 Å². The average molecular weight is 375 g/mol. The molecule has 0 aliphatic heterocycles. The van der Waals surface area contributed by atoms with Crippen LogP contribution in [-0.2, 0) is 4.43 Å². The minimum atomic E-state index is -1.86. The van der Waals surface area contributed by atoms with Crippen LogP contribution in [0.15, 0.2) is 22.9 Å². The van der Waals surface area contributed by atoms with Crippen molar-refractivity contribution in [1.29, 1.82) is 0 Å². The number of carboxylic acid groups (broad SMARTS) is 1. The summed E-state index contributed by atoms with van der Waals surface area (Å²) in [6.45, 7) is 11.5. The average Bonchev–Trinajstić information content (AvgIpc) is 2.34. The topological polar surface area (TPSA) is 62.7 Å². The Hall–Kier alpha value is -0.923. The highest BCUT2D eigenvalue weighted by Gasteiger charge is 2.37. The molecule has 1 N–H and O–H groups in total. The molecular weight excluding hydrogens is 352 g/mol. The van der Waals surface area contributed by atoms with Crippen LogP contribution < -0.4 is 4.90 Å². The highest BCUT2D eigenvalue weighted by Crippen LogP contribution is 2.36. The largest absolute Gasteiger partial charge is 0.465 e. The summed E-state index contributed by atoms with van der Waals surface area (Å²) in [5.41, 5.74) is 0.546. The van der Waals surface area contributed by atoms with E-state index in [-0.39, 0.29) is 5.04 Å². The molecule has 1 aromatic rings. The van der Waals surface area contributed by atoms with Gasteiger partial charge in [0.15, 0.2) is 8.32 Å². The number of halogens is 1. The quantitative estimate of drug-likeness (QED) is 0.614. The normalized spacial score (nSPS) is 12.3. The van der Waals surface area contributed by atoms with Gasteiger partial charge >= 0.3 is 6.09 Å². The lowest BCUT2D eigenvalue weighted by Gasteiger charge is -2.36. The van der Waals surface area contributed by atoms with Crippen LogP contribution in [0.25, 0.3) is 0 Å². The summed E-state index contributed by atoms with van der Waals surface area (Å²) in [6, 6.07) is 3.44. The van der Waals surface area contributed by atoms with Gasteiger partial charge < -0.3 is 9.53 Å². The van der Waals surface area contributed by atoms with Crippen molar-refractivity contribution in [3.8, 4) is 0 Å². The highest BCUT2D eigenvalue weighted by atomic mass is 79.9. The van der Waals surface area contributed by atoms with E-state index in [0.29, 0.717) is 23.4 Å². The maximum absolute atomic E-state index is 11.4. The molecule has 21 heavy (non-hydrogen) atoms. The van der Waals surface area contributed by atoms with Crippen LogP contribution >= 0.6 is 15.9 Å². The summed E-state index contributed by atoms with van der Waals surface area (Å²) in [4.78, 5) is 16.7. The second-order valence-electron chi connectivity index (χ2n) is 6.38. The second-order valence-corrected chi connectivity index (χ2v) is 12.0. The fourth-order valence-corrected chi connectivity index (χ4v) is 2.74. The van der Waals surface area contributed by atoms with Crippen molar-refractivity contribution in [2.45, 2.75) is 38.9 Å². The van der Waals surface area contributed by atoms with Gasteiger partial charge in [0, 0.05) is 0 Å². The van der Waals surface area contributed by atoms with Gasteiger partial charge in [-0.05, 0) is 46.2 Å². The Kier molecular flexibility index (Phi) is 5.95. The number of carbonyl (C=O) groups is 1. The lowest BCUT2D eigenvalue weighted by molar-refractivity contribution is 0.198. The SMILES string of the molecule is CC(C)(C)[Si](C)(C)OCCN(C(=O)O)c1ccc(Br)nc1. The van der Waals surface area contributed by atoms with E-state index < -0.39 is 14.4 Å². The van der Waals surface area contributed by atoms with E-state index in [0.717, 1.165) is 0 Å². The molecule has 0 saturated heterocycles. The third-order valence-electron chi connectivity index (χ3n) is 3.84. The fraction of sp³-hybridized carbons (Fsp3) is 0.571. The zero-order valence-electron chi connectivity index (χ0n) is 13.2. The Morgan fingerprint density at radius 1 is 1.43 bits per heavy atom. The first-order chi connectivity index (χ1) is 9.54. The molecule has 0 unspecified atom stereocenters. The summed E-state index contributed by atoms with van der Waals surface area (Å²) in [5, 5.41) is 9.44. The molecule has 0 bridgehead atoms. The first-order valence-electron chi connectivity index (χ1n) is 6.80. The van der Waals surface area contributed by atoms with Crippen molar-refractivity contribution in [2.24, 2.45) is 0 Å². The van der Waals surface area contributed by atoms with Crippen LogP contribution in [-0.4, -0.2) is 37.7 Å². The third-order valence-corrected chi connectivity index (χ3v) is 8.85. The third kappa shape index (κ3) is 5.08. The molecule has 7 heteroatoms. The first-order valence-corrected chi connectivity index (χ1v) is 10.5. The molecule has 1 aromatic heterocycles. The van der Waals surface area contributed by atoms with Crippen molar-refractivity contribution in [2.75, 3.05) is 18.1 Å². The number of pyridine rings is 1. The lowest BCUT2D eigenvalue weighted by Crippen LogP contribution is -2.43. The van der Waals surface area contributed by atoms with Crippen LogP contribution in [0.4, 0.5) is 10.5 Å². The summed E-state index contributed by atoms with van der Waals surface area (Å²) >= 11 is 3.24. The van der Waals surface area contributed by atoms with E-state index >= 15 is 0 Å². The van der Waals surface area contributed by atoms with Gasteiger partial charge in [0.25, 0.3) is 0 Å². The summed E-state index contributed by atoms with van der Waals surface area (Å²) in [5.74, 6) is 0. The van der Waals surface area contributed by atoms with E-state index in [1.807, 2.05) is 0 Å². The molecule has 0 radical (unpaired) electrons. The Labute approximate surface area is 135 Å². The molecule has 0 atom stereocenters. The lowest BCUT2D eigenvalue weighted by atomic mass is 10.2. The molecule has 1 heterocycles. The molecule has 0 aliphatic carbocycles. The Morgan fingerprint density at radius 2 is 2.05 bits per heavy atom. The van der Waals surface area contributed by atoms with E-state index in [9.17, 15) is 9.90 Å². The van der Waals surface area contributed by atoms with Gasteiger partial charge in [0.2, 0.25) is 0 Å². The number of nitrogens with zero attached hydrogens (tertiary/aromatic N) is 2. The number of anilines is 1. The van der Waals surface area contributed by atoms with Crippen molar-refractivity contribution in [3.63, 3.8) is 0 Å². The molecule has 0 fully saturated rings. The number of aromatic nitrogens is 1. The highest BCUT2D eigenvalue weighted by molar-refractivity contribution is 9.10. The van der Waals surface area contributed by atoms with Gasteiger partial charge in [0.05, 0.1) is 25.0 Å². The van der Waals surface area contributed by atoms with Crippen LogP contribution in [0.5, 0.6) is 0 Å². The predicted molar refractivity (Wildman–Crippen MR) is 90.5 cm³/mol. The molecule has 0 saturated carbocycles. The second kappa shape index (κ2) is 6.89. The molecule has 1 rings (SSSR count). The predicted octanol–water partition coefficient (Wildman–Crippen LogP) is 4.35. The Bertz CT molecular complexity index is 486. The van der Waals surface area contributed by atoms with Crippen molar-refractivity contribution in [3.05, 3.63) is 22.9 Å². The zero-order chi connectivity index (χ0) is 16.3. The zero-order valence-corrected chi connectivity index (χ0v) is 15.8. The van der Waals surface area contributed by atoms with Crippen LogP contribution in [0.2, 0.25) is 18.1 Å². The standard InChI is InChI=1S/C14H23BrN2O3Si/c1-14(2,3)21(4,5)20-9-8-17(13(18)19)11-6-7-12(15)16-10-11/h6-7,10H,8-9H2,1-5H3,(H,18,19). The van der Waals surface area contributed by atoms with Gasteiger partial charge in [-0.15, -0.1) is 0 Å². The van der Waals surface area contributed by atoms with Gasteiger partial charge in [-0.1, -0.05) is 20.8 Å². The van der Waals surface area contributed by atoms with Crippen LogP contribution in [0, 0.1) is 0 Å². The number of hydrogen-bond acceptors (Lipinski definition) is 3. The van der Waals surface area contributed by atoms with Gasteiger partial charge in [-0.25, -0.2) is 9.78 Å². The smallest absolute Gasteiger partial charge is 0.411 e. The van der Waals surface area contributed by atoms with Gasteiger partial charge in [0.1, 0.15) is 4.60 Å². The van der Waals surface area contributed by atoms with E-state index in [1.54, 1.807) is 12.1 Å². The molecule has 1 amide bonds. The summed E-state index contributed by atoms with van der Waals surface area (Å²) in [7, 11) is -1.86. The van der Waals surface area contributed by atoms with E-state index in [4.69, 9.17) is 4.43 Å². The van der Waals surface area contributed by atoms with Crippen molar-refractivity contribution < 1.29 is 14.3 Å². The minimum absolute atomic E-state index is 0.111. The van der Waals surface area contributed by atoms with Gasteiger partial charge in [-0.3, -0.25) is 4.90 Å². The van der Waals surface area contributed by atoms with Crippen molar-refractivity contribution in [1.82, 2.24) is 4.98 Å². The molecule has 0 aliphatic rings. The minimum Gasteiger partial charge on any atom is -0.465 e. The van der Waals surface area contributed by atoms with E-state index in [1.165, 1.54) is 11.1 Å². The number of rotatable bonds is 5. The molecule has 0 aromatic carbocycles. The first kappa shape index (κ1) is 18.1. The maximum Gasteiger partial charge on any atom is 0.411 e. The molecule has 0 spiro atoms. The van der Waals surface area contributed by atoms with Crippen LogP contribution in [0.1, 0.15) is 20.8 Å². The van der Waals surface area contributed by atoms with Crippen LogP contribution in [0.3, 0.4) is 0 Å². The fourth-order valence-electron chi connectivity index (χ4n) is 1.47. The summed E-state index contributed by atoms with van der Waals surface area (Å²) < 4.78 is 6.70. The molecule has 118 valence electrons. The Morgan fingerprint density at radius 3 is 2.48 bits per heavy atom. The summed E-state index contributed by atoms with van der Waals surface area (Å²) in [6.07, 6.45) is 0.530. The monoisotopic (exact) mass is 374 g/mol.